The van der Waals surface area contributed by atoms with E-state index in [1.807, 2.05) is 36.4 Å². The molecule has 0 aliphatic heterocycles. The van der Waals surface area contributed by atoms with Gasteiger partial charge in [0.1, 0.15) is 11.2 Å². The Morgan fingerprint density at radius 1 is 0.246 bits per heavy atom. The summed E-state index contributed by atoms with van der Waals surface area (Å²) in [6.45, 7) is 0. The van der Waals surface area contributed by atoms with Crippen LogP contribution in [0.15, 0.2) is 205 Å². The molecule has 266 valence electrons. The lowest BCUT2D eigenvalue weighted by atomic mass is 9.92. The number of rotatable bonds is 6. The van der Waals surface area contributed by atoms with E-state index < -0.39 is 0 Å². The number of benzene rings is 9. The molecule has 4 nitrogen and oxygen atoms in total. The number of aromatic nitrogens is 3. The topological polar surface area (TPSA) is 51.8 Å². The summed E-state index contributed by atoms with van der Waals surface area (Å²) in [4.78, 5) is 15.4. The molecule has 0 saturated heterocycles. The van der Waals surface area contributed by atoms with Gasteiger partial charge in [-0.05, 0) is 62.2 Å². The molecule has 2 aromatic heterocycles. The van der Waals surface area contributed by atoms with Gasteiger partial charge in [-0.15, -0.1) is 0 Å². The highest BCUT2D eigenvalue weighted by atomic mass is 16.3. The Hall–Kier alpha value is -7.69. The van der Waals surface area contributed by atoms with Crippen molar-refractivity contribution in [2.24, 2.45) is 0 Å². The van der Waals surface area contributed by atoms with Gasteiger partial charge in [0, 0.05) is 38.4 Å². The van der Waals surface area contributed by atoms with E-state index >= 15 is 0 Å². The fourth-order valence-electron chi connectivity index (χ4n) is 8.23. The summed E-state index contributed by atoms with van der Waals surface area (Å²) in [7, 11) is 0. The molecule has 57 heavy (non-hydrogen) atoms. The molecule has 0 aliphatic carbocycles. The standard InChI is InChI=1S/C53H33N3O/c1-4-16-34(17-5-1)37-22-14-23-38(32-37)52-54-51(36-20-8-3-9-21-36)55-53(56-52)46-31-30-42(39-24-10-11-25-40(39)46)44-28-15-29-45-48-33-47(35-18-6-2-7-19-35)41-26-12-13-27-43(41)50(48)57-49(44)45/h1-33H. The number of nitrogens with zero attached hydrogens (tertiary/aromatic N) is 3. The van der Waals surface area contributed by atoms with Crippen molar-refractivity contribution in [3.63, 3.8) is 0 Å². The van der Waals surface area contributed by atoms with Crippen molar-refractivity contribution in [1.29, 1.82) is 0 Å². The maximum atomic E-state index is 6.94. The van der Waals surface area contributed by atoms with Crippen LogP contribution in [-0.2, 0) is 0 Å². The molecule has 0 bridgehead atoms. The van der Waals surface area contributed by atoms with Crippen molar-refractivity contribution in [1.82, 2.24) is 15.0 Å². The summed E-state index contributed by atoms with van der Waals surface area (Å²) in [5, 5.41) is 6.61. The van der Waals surface area contributed by atoms with Gasteiger partial charge >= 0.3 is 0 Å². The highest BCUT2D eigenvalue weighted by Gasteiger charge is 2.20. The molecule has 9 aromatic carbocycles. The van der Waals surface area contributed by atoms with Crippen LogP contribution < -0.4 is 0 Å². The SMILES string of the molecule is c1ccc(-c2cccc(-c3nc(-c4ccccc4)nc(-c4ccc(-c5cccc6c5oc5c7ccccc7c(-c7ccccc7)cc65)c5ccccc45)n3)c2)cc1. The van der Waals surface area contributed by atoms with Crippen LogP contribution in [0.3, 0.4) is 0 Å². The summed E-state index contributed by atoms with van der Waals surface area (Å²) >= 11 is 0. The summed E-state index contributed by atoms with van der Waals surface area (Å²) in [5.41, 5.74) is 11.3. The van der Waals surface area contributed by atoms with Crippen molar-refractivity contribution < 1.29 is 4.42 Å². The Morgan fingerprint density at radius 3 is 1.44 bits per heavy atom. The van der Waals surface area contributed by atoms with Gasteiger partial charge in [0.05, 0.1) is 0 Å². The molecular formula is C53H33N3O. The Labute approximate surface area is 329 Å². The van der Waals surface area contributed by atoms with Crippen molar-refractivity contribution in [3.05, 3.63) is 200 Å². The largest absolute Gasteiger partial charge is 0.455 e. The number of fused-ring (bicyclic) bond motifs is 6. The molecule has 0 unspecified atom stereocenters. The van der Waals surface area contributed by atoms with Crippen molar-refractivity contribution in [2.75, 3.05) is 0 Å². The quantitative estimate of drug-likeness (QED) is 0.171. The molecule has 0 radical (unpaired) electrons. The zero-order valence-corrected chi connectivity index (χ0v) is 30.8. The van der Waals surface area contributed by atoms with Crippen molar-refractivity contribution in [3.8, 4) is 67.5 Å². The van der Waals surface area contributed by atoms with Crippen LogP contribution >= 0.6 is 0 Å². The lowest BCUT2D eigenvalue weighted by molar-refractivity contribution is 0.674. The molecule has 0 N–H and O–H groups in total. The Balaban J connectivity index is 1.10. The van der Waals surface area contributed by atoms with Gasteiger partial charge in [0.15, 0.2) is 17.5 Å². The van der Waals surface area contributed by atoms with E-state index in [0.717, 1.165) is 77.0 Å². The first-order valence-corrected chi connectivity index (χ1v) is 19.2. The second-order valence-electron chi connectivity index (χ2n) is 14.3. The van der Waals surface area contributed by atoms with E-state index in [4.69, 9.17) is 19.4 Å². The van der Waals surface area contributed by atoms with Crippen molar-refractivity contribution >= 4 is 43.5 Å². The van der Waals surface area contributed by atoms with Gasteiger partial charge in [-0.3, -0.25) is 0 Å². The van der Waals surface area contributed by atoms with E-state index in [0.29, 0.717) is 17.5 Å². The second kappa shape index (κ2) is 13.6. The molecule has 0 saturated carbocycles. The summed E-state index contributed by atoms with van der Waals surface area (Å²) in [6, 6.07) is 69.7. The van der Waals surface area contributed by atoms with Gasteiger partial charge in [-0.1, -0.05) is 182 Å². The first-order valence-electron chi connectivity index (χ1n) is 19.2. The maximum absolute atomic E-state index is 6.94. The average molecular weight is 728 g/mol. The zero-order chi connectivity index (χ0) is 37.7. The van der Waals surface area contributed by atoms with Gasteiger partial charge in [-0.2, -0.15) is 0 Å². The molecule has 2 heterocycles. The molecule has 0 amide bonds. The molecule has 4 heteroatoms. The number of hydrogen-bond donors (Lipinski definition) is 0. The molecular weight excluding hydrogens is 695 g/mol. The lowest BCUT2D eigenvalue weighted by Gasteiger charge is -2.13. The molecule has 0 atom stereocenters. The fourth-order valence-corrected chi connectivity index (χ4v) is 8.23. The molecule has 11 aromatic rings. The number of furan rings is 1. The highest BCUT2D eigenvalue weighted by Crippen LogP contribution is 2.44. The summed E-state index contributed by atoms with van der Waals surface area (Å²) < 4.78 is 6.94. The fraction of sp³-hybridized carbons (Fsp3) is 0. The minimum absolute atomic E-state index is 0.619. The Morgan fingerprint density at radius 2 is 0.719 bits per heavy atom. The van der Waals surface area contributed by atoms with Crippen LogP contribution in [0.5, 0.6) is 0 Å². The first kappa shape index (κ1) is 32.7. The van der Waals surface area contributed by atoms with E-state index in [9.17, 15) is 0 Å². The van der Waals surface area contributed by atoms with Crippen molar-refractivity contribution in [2.45, 2.75) is 0 Å². The van der Waals surface area contributed by atoms with Crippen LogP contribution in [0, 0.1) is 0 Å². The monoisotopic (exact) mass is 727 g/mol. The minimum atomic E-state index is 0.619. The van der Waals surface area contributed by atoms with Crippen LogP contribution in [0.4, 0.5) is 0 Å². The van der Waals surface area contributed by atoms with Gasteiger partial charge in [-0.25, -0.2) is 15.0 Å². The third kappa shape index (κ3) is 5.66. The smallest absolute Gasteiger partial charge is 0.164 e. The predicted octanol–water partition coefficient (Wildman–Crippen LogP) is 14.1. The van der Waals surface area contributed by atoms with Crippen LogP contribution in [0.2, 0.25) is 0 Å². The van der Waals surface area contributed by atoms with Gasteiger partial charge < -0.3 is 4.42 Å². The maximum Gasteiger partial charge on any atom is 0.164 e. The Bertz CT molecular complexity index is 3280. The number of para-hydroxylation sites is 1. The highest BCUT2D eigenvalue weighted by molar-refractivity contribution is 6.21. The summed E-state index contributed by atoms with van der Waals surface area (Å²) in [6.07, 6.45) is 0. The molecule has 0 spiro atoms. The van der Waals surface area contributed by atoms with Crippen LogP contribution in [0.1, 0.15) is 0 Å². The third-order valence-corrected chi connectivity index (χ3v) is 10.9. The predicted molar refractivity (Wildman–Crippen MR) is 235 cm³/mol. The lowest BCUT2D eigenvalue weighted by Crippen LogP contribution is -2.01. The van der Waals surface area contributed by atoms with Gasteiger partial charge in [0.2, 0.25) is 0 Å². The van der Waals surface area contributed by atoms with Gasteiger partial charge in [0.25, 0.3) is 0 Å². The average Bonchev–Trinajstić information content (AvgIpc) is 3.68. The molecule has 11 rings (SSSR count). The zero-order valence-electron chi connectivity index (χ0n) is 30.8. The van der Waals surface area contributed by atoms with E-state index in [1.54, 1.807) is 0 Å². The third-order valence-electron chi connectivity index (χ3n) is 10.9. The normalized spacial score (nSPS) is 11.5. The van der Waals surface area contributed by atoms with E-state index in [-0.39, 0.29) is 0 Å². The Kier molecular flexibility index (Phi) is 7.78. The first-order chi connectivity index (χ1) is 28.3. The second-order valence-corrected chi connectivity index (χ2v) is 14.3. The van der Waals surface area contributed by atoms with Crippen LogP contribution in [-0.4, -0.2) is 15.0 Å². The van der Waals surface area contributed by atoms with E-state index in [2.05, 4.69) is 164 Å². The van der Waals surface area contributed by atoms with E-state index in [1.165, 1.54) is 16.5 Å². The summed E-state index contributed by atoms with van der Waals surface area (Å²) in [5.74, 6) is 1.87. The molecule has 0 aliphatic rings. The molecule has 0 fully saturated rings. The van der Waals surface area contributed by atoms with Crippen LogP contribution in [0.25, 0.3) is 111 Å². The minimum Gasteiger partial charge on any atom is -0.455 e. The number of hydrogen-bond acceptors (Lipinski definition) is 4.